The van der Waals surface area contributed by atoms with Crippen LogP contribution < -0.4 is 10.9 Å². The molecule has 0 unspecified atom stereocenters. The van der Waals surface area contributed by atoms with Crippen molar-refractivity contribution >= 4 is 22.2 Å². The maximum Gasteiger partial charge on any atom is 0.271 e. The molecule has 0 radical (unpaired) electrons. The lowest BCUT2D eigenvalue weighted by Gasteiger charge is -2.12. The Morgan fingerprint density at radius 2 is 2.22 bits per heavy atom. The standard InChI is InChI=1S/C17H21N3O2S/c1-11-12(2)23-17-19-10-14(16(22)20(11)17)15(21)18-9-8-13-6-4-3-5-7-13/h6,10H,3-5,7-9H2,1-2H3,(H,18,21). The third kappa shape index (κ3) is 3.22. The van der Waals surface area contributed by atoms with Crippen LogP contribution in [-0.2, 0) is 0 Å². The van der Waals surface area contributed by atoms with Gasteiger partial charge in [0.25, 0.3) is 11.5 Å². The second-order valence-electron chi connectivity index (χ2n) is 5.95. The van der Waals surface area contributed by atoms with E-state index in [1.807, 2.05) is 13.8 Å². The third-order valence-corrected chi connectivity index (χ3v) is 5.45. The minimum Gasteiger partial charge on any atom is -0.351 e. The molecule has 2 aromatic rings. The van der Waals surface area contributed by atoms with Gasteiger partial charge in [0.2, 0.25) is 0 Å². The van der Waals surface area contributed by atoms with Gasteiger partial charge in [0, 0.05) is 23.3 Å². The molecule has 23 heavy (non-hydrogen) atoms. The molecule has 5 nitrogen and oxygen atoms in total. The van der Waals surface area contributed by atoms with E-state index in [4.69, 9.17) is 0 Å². The number of hydrogen-bond donors (Lipinski definition) is 1. The largest absolute Gasteiger partial charge is 0.351 e. The lowest BCUT2D eigenvalue weighted by Crippen LogP contribution is -2.32. The highest BCUT2D eigenvalue weighted by Crippen LogP contribution is 2.20. The number of aromatic nitrogens is 2. The van der Waals surface area contributed by atoms with Gasteiger partial charge in [-0.3, -0.25) is 14.0 Å². The van der Waals surface area contributed by atoms with Crippen molar-refractivity contribution in [1.82, 2.24) is 14.7 Å². The highest BCUT2D eigenvalue weighted by molar-refractivity contribution is 7.17. The van der Waals surface area contributed by atoms with Crippen molar-refractivity contribution in [3.05, 3.63) is 44.3 Å². The second kappa shape index (κ2) is 6.66. The Morgan fingerprint density at radius 1 is 1.39 bits per heavy atom. The number of carbonyl (C=O) groups is 1. The van der Waals surface area contributed by atoms with Crippen LogP contribution in [0.25, 0.3) is 4.96 Å². The predicted molar refractivity (Wildman–Crippen MR) is 92.3 cm³/mol. The molecule has 0 aromatic carbocycles. The van der Waals surface area contributed by atoms with Crippen molar-refractivity contribution in [2.24, 2.45) is 0 Å². The average molecular weight is 331 g/mol. The molecule has 0 bridgehead atoms. The summed E-state index contributed by atoms with van der Waals surface area (Å²) in [4.78, 5) is 30.7. The van der Waals surface area contributed by atoms with Gasteiger partial charge in [0.15, 0.2) is 4.96 Å². The van der Waals surface area contributed by atoms with E-state index in [1.54, 1.807) is 0 Å². The van der Waals surface area contributed by atoms with Gasteiger partial charge in [-0.1, -0.05) is 11.6 Å². The van der Waals surface area contributed by atoms with Crippen LogP contribution in [0, 0.1) is 13.8 Å². The van der Waals surface area contributed by atoms with E-state index in [-0.39, 0.29) is 17.0 Å². The molecular formula is C17H21N3O2S. The number of nitrogens with one attached hydrogen (secondary N) is 1. The van der Waals surface area contributed by atoms with E-state index in [1.165, 1.54) is 40.3 Å². The molecule has 0 spiro atoms. The topological polar surface area (TPSA) is 63.5 Å². The molecule has 0 fully saturated rings. The summed E-state index contributed by atoms with van der Waals surface area (Å²) in [5.74, 6) is -0.337. The Bertz CT molecular complexity index is 832. The van der Waals surface area contributed by atoms with Crippen molar-refractivity contribution in [2.45, 2.75) is 46.0 Å². The minimum absolute atomic E-state index is 0.112. The number of hydrogen-bond acceptors (Lipinski definition) is 4. The van der Waals surface area contributed by atoms with Crippen LogP contribution in [0.2, 0.25) is 0 Å². The zero-order chi connectivity index (χ0) is 16.4. The number of aryl methyl sites for hydroxylation is 2. The summed E-state index contributed by atoms with van der Waals surface area (Å²) in [6, 6.07) is 0. The number of fused-ring (bicyclic) bond motifs is 1. The number of rotatable bonds is 4. The lowest BCUT2D eigenvalue weighted by atomic mass is 9.97. The molecule has 2 aromatic heterocycles. The Labute approximate surface area is 139 Å². The van der Waals surface area contributed by atoms with Crippen LogP contribution in [0.4, 0.5) is 0 Å². The Kier molecular flexibility index (Phi) is 4.61. The third-order valence-electron chi connectivity index (χ3n) is 4.38. The van der Waals surface area contributed by atoms with Crippen molar-refractivity contribution in [2.75, 3.05) is 6.54 Å². The van der Waals surface area contributed by atoms with Gasteiger partial charge in [0.1, 0.15) is 5.56 Å². The van der Waals surface area contributed by atoms with E-state index < -0.39 is 0 Å². The molecule has 0 aliphatic heterocycles. The molecule has 0 saturated heterocycles. The quantitative estimate of drug-likeness (QED) is 0.876. The second-order valence-corrected chi connectivity index (χ2v) is 7.13. The molecule has 0 atom stereocenters. The Balaban J connectivity index is 1.73. The van der Waals surface area contributed by atoms with E-state index in [9.17, 15) is 9.59 Å². The fourth-order valence-electron chi connectivity index (χ4n) is 2.90. The smallest absolute Gasteiger partial charge is 0.271 e. The van der Waals surface area contributed by atoms with E-state index in [0.717, 1.165) is 29.8 Å². The first-order valence-electron chi connectivity index (χ1n) is 8.02. The SMILES string of the molecule is Cc1sc2ncc(C(=O)NCCC3=CCCCC3)c(=O)n2c1C. The van der Waals surface area contributed by atoms with Crippen molar-refractivity contribution in [1.29, 1.82) is 0 Å². The predicted octanol–water partition coefficient (Wildman–Crippen LogP) is 2.99. The zero-order valence-electron chi connectivity index (χ0n) is 13.5. The molecule has 0 saturated carbocycles. The fraction of sp³-hybridized carbons (Fsp3) is 0.471. The summed E-state index contributed by atoms with van der Waals surface area (Å²) in [7, 11) is 0. The zero-order valence-corrected chi connectivity index (χ0v) is 14.3. The van der Waals surface area contributed by atoms with Gasteiger partial charge in [-0.2, -0.15) is 0 Å². The van der Waals surface area contributed by atoms with E-state index in [2.05, 4.69) is 16.4 Å². The number of nitrogens with zero attached hydrogens (tertiary/aromatic N) is 2. The van der Waals surface area contributed by atoms with Crippen molar-refractivity contribution in [3.63, 3.8) is 0 Å². The first-order chi connectivity index (χ1) is 11.1. The molecule has 3 rings (SSSR count). The Morgan fingerprint density at radius 3 is 2.96 bits per heavy atom. The van der Waals surface area contributed by atoms with Gasteiger partial charge < -0.3 is 5.32 Å². The molecule has 1 N–H and O–H groups in total. The van der Waals surface area contributed by atoms with Crippen LogP contribution in [0.5, 0.6) is 0 Å². The summed E-state index contributed by atoms with van der Waals surface area (Å²) in [6.07, 6.45) is 9.29. The summed E-state index contributed by atoms with van der Waals surface area (Å²) in [6.45, 7) is 4.39. The molecule has 1 aliphatic carbocycles. The van der Waals surface area contributed by atoms with E-state index >= 15 is 0 Å². The van der Waals surface area contributed by atoms with Crippen LogP contribution in [0.3, 0.4) is 0 Å². The van der Waals surface area contributed by atoms with Crippen LogP contribution in [0.15, 0.2) is 22.6 Å². The number of amides is 1. The number of carbonyl (C=O) groups excluding carboxylic acids is 1. The number of allylic oxidation sites excluding steroid dienone is 1. The van der Waals surface area contributed by atoms with Gasteiger partial charge >= 0.3 is 0 Å². The van der Waals surface area contributed by atoms with Crippen LogP contribution in [-0.4, -0.2) is 21.8 Å². The highest BCUT2D eigenvalue weighted by Gasteiger charge is 2.16. The molecule has 122 valence electrons. The fourth-order valence-corrected chi connectivity index (χ4v) is 3.82. The Hall–Kier alpha value is -1.95. The highest BCUT2D eigenvalue weighted by atomic mass is 32.1. The van der Waals surface area contributed by atoms with Crippen LogP contribution >= 0.6 is 11.3 Å². The first-order valence-corrected chi connectivity index (χ1v) is 8.83. The maximum absolute atomic E-state index is 12.5. The summed E-state index contributed by atoms with van der Waals surface area (Å²) in [5, 5.41) is 2.85. The summed E-state index contributed by atoms with van der Waals surface area (Å²) in [5.41, 5.74) is 2.09. The van der Waals surface area contributed by atoms with Gasteiger partial charge in [-0.05, 0) is 46.0 Å². The molecule has 6 heteroatoms. The minimum atomic E-state index is -0.337. The van der Waals surface area contributed by atoms with Gasteiger partial charge in [0.05, 0.1) is 0 Å². The average Bonchev–Trinajstić information content (AvgIpc) is 2.84. The monoisotopic (exact) mass is 331 g/mol. The maximum atomic E-state index is 12.5. The molecule has 1 amide bonds. The van der Waals surface area contributed by atoms with Crippen molar-refractivity contribution < 1.29 is 4.79 Å². The normalized spacial score (nSPS) is 14.8. The number of thiazole rings is 1. The summed E-state index contributed by atoms with van der Waals surface area (Å²) >= 11 is 1.46. The lowest BCUT2D eigenvalue weighted by molar-refractivity contribution is 0.0952. The van der Waals surface area contributed by atoms with Gasteiger partial charge in [-0.15, -0.1) is 11.3 Å². The molecule has 1 aliphatic rings. The molecular weight excluding hydrogens is 310 g/mol. The molecule has 2 heterocycles. The summed E-state index contributed by atoms with van der Waals surface area (Å²) < 4.78 is 1.53. The first kappa shape index (κ1) is 15.9. The van der Waals surface area contributed by atoms with Crippen LogP contribution in [0.1, 0.15) is 53.0 Å². The van der Waals surface area contributed by atoms with Crippen molar-refractivity contribution in [3.8, 4) is 0 Å². The van der Waals surface area contributed by atoms with Gasteiger partial charge in [-0.25, -0.2) is 4.98 Å². The van der Waals surface area contributed by atoms with E-state index in [0.29, 0.717) is 11.5 Å².